The lowest BCUT2D eigenvalue weighted by molar-refractivity contribution is -0.128. The second-order valence-electron chi connectivity index (χ2n) is 4.53. The minimum atomic E-state index is 0.431. The van der Waals surface area contributed by atoms with Crippen LogP contribution >= 0.6 is 0 Å². The van der Waals surface area contributed by atoms with E-state index in [9.17, 15) is 4.79 Å². The molecule has 0 fully saturated rings. The predicted molar refractivity (Wildman–Crippen MR) is 81.7 cm³/mol. The Morgan fingerprint density at radius 1 is 1.16 bits per heavy atom. The molecule has 0 saturated heterocycles. The first kappa shape index (κ1) is 17.5. The Morgan fingerprint density at radius 3 is 2.32 bits per heavy atom. The van der Waals surface area contributed by atoms with Crippen LogP contribution < -0.4 is 4.90 Å². The standard InChI is InChI=1S/C13H21N.C3H6O2/c1-4-5-6-9-12-10-7-8-11-13(12)14(2)3;1-2-5-3-4/h7-8,10-11H,4-6,9H2,1-3H3;3H,2H2,1H3. The summed E-state index contributed by atoms with van der Waals surface area (Å²) in [5.74, 6) is 0. The van der Waals surface area contributed by atoms with Crippen LogP contribution in [0.15, 0.2) is 24.3 Å². The van der Waals surface area contributed by atoms with E-state index < -0.39 is 0 Å². The van der Waals surface area contributed by atoms with Gasteiger partial charge in [-0.3, -0.25) is 4.79 Å². The van der Waals surface area contributed by atoms with Crippen molar-refractivity contribution < 1.29 is 9.53 Å². The normalized spacial score (nSPS) is 9.26. The SMILES string of the molecule is CCCCCc1ccccc1N(C)C.CCOC=O. The molecule has 0 aromatic heterocycles. The first-order valence-electron chi connectivity index (χ1n) is 6.97. The molecule has 0 spiro atoms. The summed E-state index contributed by atoms with van der Waals surface area (Å²) >= 11 is 0. The minimum absolute atomic E-state index is 0.431. The zero-order chi connectivity index (χ0) is 14.5. The van der Waals surface area contributed by atoms with E-state index in [4.69, 9.17) is 0 Å². The molecule has 0 amide bonds. The fraction of sp³-hybridized carbons (Fsp3) is 0.562. The molecule has 0 atom stereocenters. The number of aryl methyl sites for hydroxylation is 1. The molecule has 0 heterocycles. The number of ether oxygens (including phenoxy) is 1. The molecule has 19 heavy (non-hydrogen) atoms. The largest absolute Gasteiger partial charge is 0.468 e. The molecule has 0 radical (unpaired) electrons. The van der Waals surface area contributed by atoms with Gasteiger partial charge in [-0.15, -0.1) is 0 Å². The lowest BCUT2D eigenvalue weighted by atomic mass is 10.0. The third-order valence-electron chi connectivity index (χ3n) is 2.76. The third kappa shape index (κ3) is 8.25. The summed E-state index contributed by atoms with van der Waals surface area (Å²) in [7, 11) is 4.22. The minimum Gasteiger partial charge on any atom is -0.468 e. The molecule has 1 aromatic carbocycles. The van der Waals surface area contributed by atoms with Gasteiger partial charge in [0.15, 0.2) is 0 Å². The fourth-order valence-corrected chi connectivity index (χ4v) is 1.79. The summed E-state index contributed by atoms with van der Waals surface area (Å²) in [5, 5.41) is 0. The van der Waals surface area contributed by atoms with Crippen molar-refractivity contribution in [2.24, 2.45) is 0 Å². The Labute approximate surface area is 117 Å². The molecule has 0 aliphatic rings. The molecule has 3 nitrogen and oxygen atoms in total. The van der Waals surface area contributed by atoms with Crippen molar-refractivity contribution in [2.75, 3.05) is 25.6 Å². The number of anilines is 1. The molecular formula is C16H27NO2. The summed E-state index contributed by atoms with van der Waals surface area (Å²) in [5.41, 5.74) is 2.84. The highest BCUT2D eigenvalue weighted by Gasteiger charge is 2.02. The first-order valence-corrected chi connectivity index (χ1v) is 6.97. The van der Waals surface area contributed by atoms with Crippen LogP contribution in [0.1, 0.15) is 38.7 Å². The number of carbonyl (C=O) groups excluding carboxylic acids is 1. The van der Waals surface area contributed by atoms with Crippen molar-refractivity contribution in [2.45, 2.75) is 39.5 Å². The van der Waals surface area contributed by atoms with Gasteiger partial charge in [-0.2, -0.15) is 0 Å². The highest BCUT2D eigenvalue weighted by Crippen LogP contribution is 2.19. The van der Waals surface area contributed by atoms with Gasteiger partial charge < -0.3 is 9.64 Å². The van der Waals surface area contributed by atoms with Gasteiger partial charge in [-0.25, -0.2) is 0 Å². The van der Waals surface area contributed by atoms with Crippen LogP contribution in [0.5, 0.6) is 0 Å². The van der Waals surface area contributed by atoms with Crippen molar-refractivity contribution in [3.63, 3.8) is 0 Å². The smallest absolute Gasteiger partial charge is 0.293 e. The van der Waals surface area contributed by atoms with Gasteiger partial charge in [0.05, 0.1) is 6.61 Å². The lowest BCUT2D eigenvalue weighted by Crippen LogP contribution is -2.11. The molecule has 0 unspecified atom stereocenters. The highest BCUT2D eigenvalue weighted by atomic mass is 16.5. The van der Waals surface area contributed by atoms with Gasteiger partial charge in [0, 0.05) is 19.8 Å². The molecule has 1 rings (SSSR count). The zero-order valence-electron chi connectivity index (χ0n) is 12.7. The van der Waals surface area contributed by atoms with E-state index in [1.165, 1.54) is 36.9 Å². The lowest BCUT2D eigenvalue weighted by Gasteiger charge is -2.17. The van der Waals surface area contributed by atoms with E-state index in [0.29, 0.717) is 13.1 Å². The predicted octanol–water partition coefficient (Wildman–Crippen LogP) is 3.66. The van der Waals surface area contributed by atoms with Crippen LogP contribution in [0.2, 0.25) is 0 Å². The van der Waals surface area contributed by atoms with Gasteiger partial charge in [-0.05, 0) is 31.4 Å². The Bertz CT molecular complexity index is 337. The second-order valence-corrected chi connectivity index (χ2v) is 4.53. The molecule has 108 valence electrons. The number of carbonyl (C=O) groups is 1. The molecule has 3 heteroatoms. The van der Waals surface area contributed by atoms with Crippen molar-refractivity contribution >= 4 is 12.2 Å². The van der Waals surface area contributed by atoms with E-state index in [1.807, 2.05) is 0 Å². The van der Waals surface area contributed by atoms with Crippen molar-refractivity contribution in [3.05, 3.63) is 29.8 Å². The van der Waals surface area contributed by atoms with E-state index in [0.717, 1.165) is 0 Å². The van der Waals surface area contributed by atoms with Gasteiger partial charge >= 0.3 is 0 Å². The topological polar surface area (TPSA) is 29.5 Å². The highest BCUT2D eigenvalue weighted by molar-refractivity contribution is 5.52. The van der Waals surface area contributed by atoms with Gasteiger partial charge in [0.1, 0.15) is 0 Å². The van der Waals surface area contributed by atoms with Crippen molar-refractivity contribution in [3.8, 4) is 0 Å². The summed E-state index contributed by atoms with van der Waals surface area (Å²) < 4.78 is 4.15. The number of hydrogen-bond acceptors (Lipinski definition) is 3. The third-order valence-corrected chi connectivity index (χ3v) is 2.76. The van der Waals surface area contributed by atoms with Crippen LogP contribution in [-0.2, 0) is 16.0 Å². The molecule has 0 saturated carbocycles. The Balaban J connectivity index is 0.000000555. The summed E-state index contributed by atoms with van der Waals surface area (Å²) in [6, 6.07) is 8.68. The van der Waals surface area contributed by atoms with Gasteiger partial charge in [-0.1, -0.05) is 38.0 Å². The van der Waals surface area contributed by atoms with Crippen molar-refractivity contribution in [1.29, 1.82) is 0 Å². The average molecular weight is 265 g/mol. The molecule has 0 aliphatic carbocycles. The van der Waals surface area contributed by atoms with E-state index in [2.05, 4.69) is 54.9 Å². The zero-order valence-corrected chi connectivity index (χ0v) is 12.7. The fourth-order valence-electron chi connectivity index (χ4n) is 1.79. The monoisotopic (exact) mass is 265 g/mol. The van der Waals surface area contributed by atoms with Crippen LogP contribution in [0.25, 0.3) is 0 Å². The number of nitrogens with zero attached hydrogens (tertiary/aromatic N) is 1. The second kappa shape index (κ2) is 11.6. The maximum Gasteiger partial charge on any atom is 0.293 e. The van der Waals surface area contributed by atoms with E-state index in [-0.39, 0.29) is 0 Å². The Hall–Kier alpha value is -1.51. The van der Waals surface area contributed by atoms with Crippen LogP contribution in [0, 0.1) is 0 Å². The number of unbranched alkanes of at least 4 members (excludes halogenated alkanes) is 2. The molecular weight excluding hydrogens is 238 g/mol. The van der Waals surface area contributed by atoms with E-state index >= 15 is 0 Å². The summed E-state index contributed by atoms with van der Waals surface area (Å²) in [6.45, 7) is 4.91. The maximum absolute atomic E-state index is 9.18. The van der Waals surface area contributed by atoms with Crippen molar-refractivity contribution in [1.82, 2.24) is 0 Å². The number of para-hydroxylation sites is 1. The Morgan fingerprint density at radius 2 is 1.84 bits per heavy atom. The first-order chi connectivity index (χ1) is 9.17. The van der Waals surface area contributed by atoms with Gasteiger partial charge in [0.2, 0.25) is 0 Å². The quantitative estimate of drug-likeness (QED) is 0.556. The van der Waals surface area contributed by atoms with Crippen LogP contribution in [0.3, 0.4) is 0 Å². The molecule has 0 bridgehead atoms. The summed E-state index contributed by atoms with van der Waals surface area (Å²) in [4.78, 5) is 11.4. The average Bonchev–Trinajstić information content (AvgIpc) is 2.41. The molecule has 1 aromatic rings. The molecule has 0 aliphatic heterocycles. The molecule has 0 N–H and O–H groups in total. The van der Waals surface area contributed by atoms with E-state index in [1.54, 1.807) is 6.92 Å². The van der Waals surface area contributed by atoms with Crippen LogP contribution in [0.4, 0.5) is 5.69 Å². The number of rotatable bonds is 7. The van der Waals surface area contributed by atoms with Gasteiger partial charge in [0.25, 0.3) is 6.47 Å². The van der Waals surface area contributed by atoms with Crippen LogP contribution in [-0.4, -0.2) is 27.2 Å². The number of benzene rings is 1. The summed E-state index contributed by atoms with van der Waals surface area (Å²) in [6.07, 6.45) is 5.15. The number of hydrogen-bond donors (Lipinski definition) is 0. The maximum atomic E-state index is 9.18. The Kier molecular flexibility index (Phi) is 10.7.